The van der Waals surface area contributed by atoms with Gasteiger partial charge in [-0.3, -0.25) is 10.1 Å². The highest BCUT2D eigenvalue weighted by molar-refractivity contribution is 7.16. The third-order valence-electron chi connectivity index (χ3n) is 2.38. The second-order valence-corrected chi connectivity index (χ2v) is 4.96. The van der Waals surface area contributed by atoms with Crippen LogP contribution in [0.15, 0.2) is 6.07 Å². The summed E-state index contributed by atoms with van der Waals surface area (Å²) in [7, 11) is 0. The highest BCUT2D eigenvalue weighted by atomic mass is 32.1. The van der Waals surface area contributed by atoms with E-state index in [1.807, 2.05) is 6.92 Å². The Labute approximate surface area is 110 Å². The summed E-state index contributed by atoms with van der Waals surface area (Å²) in [5.74, 6) is 2.50. The normalized spacial score (nSPS) is 11.9. The lowest BCUT2D eigenvalue weighted by Crippen LogP contribution is -2.23. The minimum absolute atomic E-state index is 0.0135. The van der Waals surface area contributed by atoms with Crippen LogP contribution in [0.25, 0.3) is 0 Å². The fourth-order valence-electron chi connectivity index (χ4n) is 1.59. The van der Waals surface area contributed by atoms with Crippen LogP contribution in [0.3, 0.4) is 0 Å². The Hall–Kier alpha value is -1.58. The van der Waals surface area contributed by atoms with Crippen molar-refractivity contribution in [2.45, 2.75) is 26.4 Å². The summed E-state index contributed by atoms with van der Waals surface area (Å²) in [6.45, 7) is 4.56. The molecule has 1 N–H and O–H groups in total. The lowest BCUT2D eigenvalue weighted by atomic mass is 10.3. The average molecular weight is 268 g/mol. The third-order valence-corrected chi connectivity index (χ3v) is 3.74. The van der Waals surface area contributed by atoms with Gasteiger partial charge in [-0.05, 0) is 13.3 Å². The van der Waals surface area contributed by atoms with E-state index >= 15 is 0 Å². The van der Waals surface area contributed by atoms with Crippen LogP contribution >= 0.6 is 11.3 Å². The van der Waals surface area contributed by atoms with Crippen molar-refractivity contribution in [1.29, 1.82) is 0 Å². The molecule has 1 aromatic heterocycles. The van der Waals surface area contributed by atoms with Crippen LogP contribution in [0.1, 0.15) is 31.2 Å². The number of thiophene rings is 1. The number of terminal acetylenes is 1. The predicted molar refractivity (Wildman–Crippen MR) is 72.9 cm³/mol. The van der Waals surface area contributed by atoms with Crippen molar-refractivity contribution >= 4 is 22.0 Å². The van der Waals surface area contributed by atoms with Gasteiger partial charge in [-0.2, -0.15) is 0 Å². The van der Waals surface area contributed by atoms with Gasteiger partial charge in [-0.15, -0.1) is 17.8 Å². The van der Waals surface area contributed by atoms with Gasteiger partial charge in [0.15, 0.2) is 5.00 Å². The first-order valence-electron chi connectivity index (χ1n) is 5.65. The predicted octanol–water partition coefficient (Wildman–Crippen LogP) is 2.56. The molecule has 1 rings (SSSR count). The standard InChI is InChI=1S/C12H16N2O3S/c1-4-6-13(7-5-2)12-10(14(16)17)8-11(18-12)9(3)15/h1,8-9,15H,5-7H2,2-3H3. The molecule has 0 aliphatic rings. The smallest absolute Gasteiger partial charge is 0.304 e. The molecule has 1 unspecified atom stereocenters. The zero-order valence-corrected chi connectivity index (χ0v) is 11.2. The summed E-state index contributed by atoms with van der Waals surface area (Å²) in [6, 6.07) is 1.42. The number of hydrogen-bond acceptors (Lipinski definition) is 5. The van der Waals surface area contributed by atoms with Gasteiger partial charge in [0, 0.05) is 17.5 Å². The van der Waals surface area contributed by atoms with Gasteiger partial charge >= 0.3 is 5.69 Å². The van der Waals surface area contributed by atoms with Crippen LogP contribution in [0.4, 0.5) is 10.7 Å². The van der Waals surface area contributed by atoms with E-state index in [1.54, 1.807) is 11.8 Å². The van der Waals surface area contributed by atoms with Crippen molar-refractivity contribution in [2.24, 2.45) is 0 Å². The number of anilines is 1. The molecule has 0 fully saturated rings. The van der Waals surface area contributed by atoms with Gasteiger partial charge in [-0.1, -0.05) is 12.8 Å². The van der Waals surface area contributed by atoms with Crippen molar-refractivity contribution in [3.8, 4) is 12.3 Å². The molecule has 0 spiro atoms. The molecule has 5 nitrogen and oxygen atoms in total. The van der Waals surface area contributed by atoms with E-state index in [2.05, 4.69) is 5.92 Å². The van der Waals surface area contributed by atoms with Crippen LogP contribution in [0.2, 0.25) is 0 Å². The Morgan fingerprint density at radius 1 is 1.72 bits per heavy atom. The molecule has 0 saturated carbocycles. The van der Waals surface area contributed by atoms with E-state index in [9.17, 15) is 15.2 Å². The molecule has 1 atom stereocenters. The first-order chi connectivity index (χ1) is 8.51. The summed E-state index contributed by atoms with van der Waals surface area (Å²) in [6.07, 6.45) is 5.42. The van der Waals surface area contributed by atoms with Gasteiger partial charge in [-0.25, -0.2) is 0 Å². The zero-order valence-electron chi connectivity index (χ0n) is 10.4. The van der Waals surface area contributed by atoms with Gasteiger partial charge in [0.05, 0.1) is 17.6 Å². The van der Waals surface area contributed by atoms with Gasteiger partial charge in [0.2, 0.25) is 0 Å². The summed E-state index contributed by atoms with van der Waals surface area (Å²) >= 11 is 1.22. The quantitative estimate of drug-likeness (QED) is 0.489. The lowest BCUT2D eigenvalue weighted by Gasteiger charge is -2.18. The summed E-state index contributed by atoms with van der Waals surface area (Å²) < 4.78 is 0. The molecule has 0 aliphatic carbocycles. The number of nitro groups is 1. The van der Waals surface area contributed by atoms with E-state index < -0.39 is 11.0 Å². The molecule has 0 amide bonds. The largest absolute Gasteiger partial charge is 0.388 e. The molecule has 18 heavy (non-hydrogen) atoms. The number of aliphatic hydroxyl groups is 1. The zero-order chi connectivity index (χ0) is 13.7. The second kappa shape index (κ2) is 6.38. The minimum atomic E-state index is -0.711. The Balaban J connectivity index is 3.18. The van der Waals surface area contributed by atoms with E-state index in [4.69, 9.17) is 6.42 Å². The maximum Gasteiger partial charge on any atom is 0.304 e. The van der Waals surface area contributed by atoms with Crippen molar-refractivity contribution < 1.29 is 10.0 Å². The maximum absolute atomic E-state index is 11.0. The van der Waals surface area contributed by atoms with E-state index in [0.29, 0.717) is 23.0 Å². The topological polar surface area (TPSA) is 66.6 Å². The maximum atomic E-state index is 11.0. The third kappa shape index (κ3) is 3.22. The molecule has 0 saturated heterocycles. The summed E-state index contributed by atoms with van der Waals surface area (Å²) in [5.41, 5.74) is 0.0135. The van der Waals surface area contributed by atoms with Gasteiger partial charge in [0.1, 0.15) is 0 Å². The van der Waals surface area contributed by atoms with Crippen molar-refractivity contribution in [3.63, 3.8) is 0 Å². The summed E-state index contributed by atoms with van der Waals surface area (Å²) in [4.78, 5) is 13.0. The first-order valence-corrected chi connectivity index (χ1v) is 6.47. The lowest BCUT2D eigenvalue weighted by molar-refractivity contribution is -0.383. The fourth-order valence-corrected chi connectivity index (χ4v) is 2.67. The Kier molecular flexibility index (Phi) is 5.13. The molecule has 1 aromatic rings. The first kappa shape index (κ1) is 14.5. The average Bonchev–Trinajstić information content (AvgIpc) is 2.73. The molecule has 98 valence electrons. The molecule has 0 aromatic carbocycles. The highest BCUT2D eigenvalue weighted by Gasteiger charge is 2.24. The van der Waals surface area contributed by atoms with Crippen LogP contribution in [-0.4, -0.2) is 23.1 Å². The van der Waals surface area contributed by atoms with Crippen LogP contribution in [-0.2, 0) is 0 Å². The molecule has 1 heterocycles. The molecule has 6 heteroatoms. The van der Waals surface area contributed by atoms with Crippen molar-refractivity contribution in [2.75, 3.05) is 18.0 Å². The van der Waals surface area contributed by atoms with E-state index in [1.165, 1.54) is 17.4 Å². The van der Waals surface area contributed by atoms with Gasteiger partial charge in [0.25, 0.3) is 0 Å². The van der Waals surface area contributed by atoms with Crippen LogP contribution in [0.5, 0.6) is 0 Å². The van der Waals surface area contributed by atoms with E-state index in [-0.39, 0.29) is 5.69 Å². The number of aliphatic hydroxyl groups excluding tert-OH is 1. The highest BCUT2D eigenvalue weighted by Crippen LogP contribution is 2.40. The fraction of sp³-hybridized carbons (Fsp3) is 0.500. The Bertz CT molecular complexity index is 462. The molecular formula is C12H16N2O3S. The number of hydrogen-bond donors (Lipinski definition) is 1. The van der Waals surface area contributed by atoms with Crippen LogP contribution < -0.4 is 4.90 Å². The van der Waals surface area contributed by atoms with Crippen molar-refractivity contribution in [3.05, 3.63) is 21.1 Å². The Morgan fingerprint density at radius 2 is 2.39 bits per heavy atom. The monoisotopic (exact) mass is 268 g/mol. The number of nitrogens with zero attached hydrogens (tertiary/aromatic N) is 2. The van der Waals surface area contributed by atoms with Crippen molar-refractivity contribution in [1.82, 2.24) is 0 Å². The second-order valence-electron chi connectivity index (χ2n) is 3.90. The Morgan fingerprint density at radius 3 is 2.83 bits per heavy atom. The molecule has 0 bridgehead atoms. The molecular weight excluding hydrogens is 252 g/mol. The van der Waals surface area contributed by atoms with E-state index in [0.717, 1.165) is 6.42 Å². The minimum Gasteiger partial charge on any atom is -0.388 e. The molecule has 0 radical (unpaired) electrons. The number of rotatable bonds is 6. The summed E-state index contributed by atoms with van der Waals surface area (Å²) in [5, 5.41) is 21.1. The van der Waals surface area contributed by atoms with Crippen LogP contribution in [0, 0.1) is 22.5 Å². The van der Waals surface area contributed by atoms with Gasteiger partial charge < -0.3 is 10.0 Å². The molecule has 0 aliphatic heterocycles. The SMILES string of the molecule is C#CCN(CCC)c1sc(C(C)O)cc1[N+](=O)[O-].